The van der Waals surface area contributed by atoms with Crippen LogP contribution >= 0.6 is 31.9 Å². The highest BCUT2D eigenvalue weighted by Crippen LogP contribution is 2.22. The number of rotatable bonds is 6. The van der Waals surface area contributed by atoms with Crippen molar-refractivity contribution in [2.45, 2.75) is 33.4 Å². The van der Waals surface area contributed by atoms with Gasteiger partial charge in [0.25, 0.3) is 0 Å². The molecular formula is C26H26Br2N2O3. The summed E-state index contributed by atoms with van der Waals surface area (Å²) in [6, 6.07) is 17.6. The van der Waals surface area contributed by atoms with Crippen molar-refractivity contribution in [3.8, 4) is 11.3 Å². The first-order chi connectivity index (χ1) is 16.0. The van der Waals surface area contributed by atoms with Crippen LogP contribution in [0.5, 0.6) is 0 Å². The molecule has 0 fully saturated rings. The number of hydrogen-bond donors (Lipinski definition) is 0. The van der Waals surface area contributed by atoms with Gasteiger partial charge in [-0.1, -0.05) is 58.4 Å². The van der Waals surface area contributed by atoms with Gasteiger partial charge in [-0.15, -0.1) is 0 Å². The van der Waals surface area contributed by atoms with Gasteiger partial charge in [-0.2, -0.15) is 0 Å². The number of hydrogen-bond acceptors (Lipinski definition) is 3. The summed E-state index contributed by atoms with van der Waals surface area (Å²) in [5, 5.41) is 0. The molecule has 0 saturated carbocycles. The van der Waals surface area contributed by atoms with Crippen molar-refractivity contribution in [3.63, 3.8) is 0 Å². The van der Waals surface area contributed by atoms with E-state index < -0.39 is 0 Å². The van der Waals surface area contributed by atoms with Crippen molar-refractivity contribution in [2.24, 2.45) is 0 Å². The Labute approximate surface area is 211 Å². The van der Waals surface area contributed by atoms with Gasteiger partial charge < -0.3 is 9.13 Å². The molecule has 5 nitrogen and oxygen atoms in total. The molecule has 4 rings (SSSR count). The molecule has 7 heteroatoms. The third kappa shape index (κ3) is 7.37. The molecule has 0 radical (unpaired) electrons. The Balaban J connectivity index is 0.000000186. The minimum Gasteiger partial charge on any atom is -0.339 e. The van der Waals surface area contributed by atoms with E-state index in [9.17, 15) is 14.4 Å². The maximum atomic E-state index is 10.8. The second kappa shape index (κ2) is 13.7. The fraction of sp³-hybridized carbons (Fsp3) is 0.192. The largest absolute Gasteiger partial charge is 0.339 e. The second-order valence-corrected chi connectivity index (χ2v) is 8.80. The molecule has 1 aromatic carbocycles. The van der Waals surface area contributed by atoms with Gasteiger partial charge in [0.05, 0.1) is 16.0 Å². The topological polar surface area (TPSA) is 61.1 Å². The molecule has 1 aliphatic carbocycles. The van der Waals surface area contributed by atoms with Crippen LogP contribution in [0.4, 0.5) is 0 Å². The summed E-state index contributed by atoms with van der Waals surface area (Å²) in [7, 11) is 0. The molecule has 0 saturated heterocycles. The lowest BCUT2D eigenvalue weighted by molar-refractivity contribution is -0.104. The first-order valence-corrected chi connectivity index (χ1v) is 12.1. The summed E-state index contributed by atoms with van der Waals surface area (Å²) in [6.07, 6.45) is 7.11. The number of aldehydes is 3. The number of nitrogens with zero attached hydrogens (tertiary/aromatic N) is 2. The summed E-state index contributed by atoms with van der Waals surface area (Å²) >= 11 is 6.59. The number of carbonyl (C=O) groups is 3. The normalized spacial score (nSPS) is 11.9. The van der Waals surface area contributed by atoms with E-state index in [-0.39, 0.29) is 0 Å². The summed E-state index contributed by atoms with van der Waals surface area (Å²) in [5.74, 6) is 0. The highest BCUT2D eigenvalue weighted by atomic mass is 79.9. The highest BCUT2D eigenvalue weighted by Gasteiger charge is 2.07. The van der Waals surface area contributed by atoms with Crippen molar-refractivity contribution < 1.29 is 14.4 Å². The average molecular weight is 574 g/mol. The Hall–Kier alpha value is -2.77. The third-order valence-electron chi connectivity index (χ3n) is 4.92. The molecule has 3 aromatic rings. The van der Waals surface area contributed by atoms with Crippen LogP contribution in [0.25, 0.3) is 11.3 Å². The lowest BCUT2D eigenvalue weighted by atomic mass is 10.1. The zero-order chi connectivity index (χ0) is 24.2. The van der Waals surface area contributed by atoms with Gasteiger partial charge in [-0.3, -0.25) is 14.4 Å². The van der Waals surface area contributed by atoms with Gasteiger partial charge in [0.1, 0.15) is 6.29 Å². The first kappa shape index (κ1) is 26.5. The predicted molar refractivity (Wildman–Crippen MR) is 140 cm³/mol. The molecule has 0 spiro atoms. The van der Waals surface area contributed by atoms with Gasteiger partial charge in [0.2, 0.25) is 0 Å². The third-order valence-corrected chi connectivity index (χ3v) is 6.16. The lowest BCUT2D eigenvalue weighted by Crippen LogP contribution is -2.01. The van der Waals surface area contributed by atoms with E-state index in [0.29, 0.717) is 0 Å². The van der Waals surface area contributed by atoms with E-state index in [4.69, 9.17) is 0 Å². The molecule has 0 bridgehead atoms. The van der Waals surface area contributed by atoms with Gasteiger partial charge in [0.15, 0.2) is 12.6 Å². The Morgan fingerprint density at radius 1 is 0.758 bits per heavy atom. The van der Waals surface area contributed by atoms with Crippen LogP contribution in [-0.4, -0.2) is 28.0 Å². The zero-order valence-corrected chi connectivity index (χ0v) is 21.8. The number of allylic oxidation sites excluding steroid dienone is 4. The minimum atomic E-state index is 0.717. The maximum Gasteiger partial charge on any atom is 0.166 e. The standard InChI is InChI=1S/C13H13NO.C7H8BrNO.C6H5BrO/c1-2-14-12(10-15)8-9-13(14)11-6-4-3-5-7-11;1-2-9-6(5-10)3-4-7(9)8;7-6-2-1-5(3-6)4-8/h3-10H,2H2,1H3;3-5H,2H2,1H3;1-2,4H,3H2. The summed E-state index contributed by atoms with van der Waals surface area (Å²) in [5.41, 5.74) is 4.54. The quantitative estimate of drug-likeness (QED) is 0.302. The molecule has 0 aliphatic heterocycles. The Kier molecular flexibility index (Phi) is 11.0. The van der Waals surface area contributed by atoms with Crippen molar-refractivity contribution in [1.29, 1.82) is 0 Å². The zero-order valence-electron chi connectivity index (χ0n) is 18.6. The van der Waals surface area contributed by atoms with Gasteiger partial charge >= 0.3 is 0 Å². The Morgan fingerprint density at radius 2 is 1.36 bits per heavy atom. The van der Waals surface area contributed by atoms with Gasteiger partial charge in [-0.25, -0.2) is 0 Å². The molecule has 2 heterocycles. The average Bonchev–Trinajstić information content (AvgIpc) is 3.57. The first-order valence-electron chi connectivity index (χ1n) is 10.5. The second-order valence-electron chi connectivity index (χ2n) is 6.96. The number of halogens is 2. The number of carbonyl (C=O) groups excluding carboxylic acids is 3. The molecule has 33 heavy (non-hydrogen) atoms. The van der Waals surface area contributed by atoms with Crippen LogP contribution in [0.3, 0.4) is 0 Å². The molecule has 0 N–H and O–H groups in total. The van der Waals surface area contributed by atoms with Crippen LogP contribution in [0, 0.1) is 0 Å². The van der Waals surface area contributed by atoms with Crippen LogP contribution in [0.1, 0.15) is 41.2 Å². The molecule has 0 unspecified atom stereocenters. The van der Waals surface area contributed by atoms with E-state index in [0.717, 1.165) is 75.7 Å². The minimum absolute atomic E-state index is 0.717. The monoisotopic (exact) mass is 572 g/mol. The van der Waals surface area contributed by atoms with Gasteiger partial charge in [0, 0.05) is 25.2 Å². The van der Waals surface area contributed by atoms with Crippen LogP contribution in [-0.2, 0) is 17.9 Å². The van der Waals surface area contributed by atoms with Crippen LogP contribution in [0.2, 0.25) is 0 Å². The van der Waals surface area contributed by atoms with E-state index in [1.807, 2.05) is 71.5 Å². The van der Waals surface area contributed by atoms with Crippen molar-refractivity contribution in [1.82, 2.24) is 9.13 Å². The summed E-state index contributed by atoms with van der Waals surface area (Å²) in [6.45, 7) is 5.67. The molecule has 0 amide bonds. The molecule has 0 atom stereocenters. The van der Waals surface area contributed by atoms with Crippen LogP contribution < -0.4 is 0 Å². The predicted octanol–water partition coefficient (Wildman–Crippen LogP) is 6.86. The smallest absolute Gasteiger partial charge is 0.166 e. The highest BCUT2D eigenvalue weighted by molar-refractivity contribution is 9.11. The molecule has 1 aliphatic rings. The number of benzene rings is 1. The fourth-order valence-electron chi connectivity index (χ4n) is 3.29. The maximum absolute atomic E-state index is 10.8. The number of aromatic nitrogens is 2. The van der Waals surface area contributed by atoms with E-state index >= 15 is 0 Å². The van der Waals surface area contributed by atoms with E-state index in [2.05, 4.69) is 44.0 Å². The SMILES string of the molecule is CCn1c(Br)ccc1C=O.CCn1c(C=O)ccc1-c1ccccc1.O=CC1=CC=C(Br)C1. The molecular weight excluding hydrogens is 548 g/mol. The fourth-order valence-corrected chi connectivity index (χ4v) is 4.33. The van der Waals surface area contributed by atoms with E-state index in [1.165, 1.54) is 0 Å². The lowest BCUT2D eigenvalue weighted by Gasteiger charge is -2.07. The Bertz CT molecular complexity index is 1140. The summed E-state index contributed by atoms with van der Waals surface area (Å²) in [4.78, 5) is 31.2. The molecule has 2 aromatic heterocycles. The molecule has 172 valence electrons. The van der Waals surface area contributed by atoms with Crippen molar-refractivity contribution >= 4 is 50.7 Å². The Morgan fingerprint density at radius 3 is 1.82 bits per heavy atom. The van der Waals surface area contributed by atoms with Crippen LogP contribution in [0.15, 0.2) is 81.4 Å². The van der Waals surface area contributed by atoms with E-state index in [1.54, 1.807) is 6.07 Å². The van der Waals surface area contributed by atoms with Crippen molar-refractivity contribution in [2.75, 3.05) is 0 Å². The summed E-state index contributed by atoms with van der Waals surface area (Å²) < 4.78 is 5.95. The van der Waals surface area contributed by atoms with Crippen molar-refractivity contribution in [3.05, 3.63) is 92.8 Å². The van der Waals surface area contributed by atoms with Gasteiger partial charge in [-0.05, 0) is 69.7 Å².